The SMILES string of the molecule is COc1cccc(/C=C/c2oc3ccccc3c(=O)c2-c2ccc(C#N)cc2)c1OCC(C)(C)C. The van der Waals surface area contributed by atoms with Gasteiger partial charge < -0.3 is 13.9 Å². The average molecular weight is 466 g/mol. The van der Waals surface area contributed by atoms with E-state index >= 15 is 0 Å². The largest absolute Gasteiger partial charge is 0.493 e. The van der Waals surface area contributed by atoms with Gasteiger partial charge in [0.05, 0.1) is 36.3 Å². The van der Waals surface area contributed by atoms with Crippen molar-refractivity contribution in [3.8, 4) is 28.7 Å². The number of para-hydroxylation sites is 2. The summed E-state index contributed by atoms with van der Waals surface area (Å²) in [6.07, 6.45) is 3.64. The molecule has 3 aromatic carbocycles. The van der Waals surface area contributed by atoms with Crippen molar-refractivity contribution in [2.45, 2.75) is 20.8 Å². The fourth-order valence-electron chi connectivity index (χ4n) is 3.69. The summed E-state index contributed by atoms with van der Waals surface area (Å²) in [5.41, 5.74) is 2.77. The summed E-state index contributed by atoms with van der Waals surface area (Å²) in [4.78, 5) is 13.5. The molecule has 0 fully saturated rings. The second-order valence-corrected chi connectivity index (χ2v) is 9.42. The molecule has 0 unspecified atom stereocenters. The minimum Gasteiger partial charge on any atom is -0.493 e. The minimum atomic E-state index is -0.133. The number of ether oxygens (including phenoxy) is 2. The molecule has 0 radical (unpaired) electrons. The van der Waals surface area contributed by atoms with E-state index in [1.807, 2.05) is 36.4 Å². The zero-order chi connectivity index (χ0) is 25.0. The second kappa shape index (κ2) is 9.90. The Morgan fingerprint density at radius 2 is 1.71 bits per heavy atom. The van der Waals surface area contributed by atoms with Gasteiger partial charge in [0.2, 0.25) is 5.43 Å². The Morgan fingerprint density at radius 3 is 2.40 bits per heavy atom. The second-order valence-electron chi connectivity index (χ2n) is 9.42. The minimum absolute atomic E-state index is 0.0320. The standard InChI is InChI=1S/C30H27NO4/c1-30(2,3)19-34-29-22(8-7-11-26(29)33-4)16-17-25-27(21-14-12-20(18-31)13-15-21)28(32)23-9-5-6-10-24(23)35-25/h5-17H,19H2,1-4H3/b17-16+. The molecule has 1 heterocycles. The molecule has 0 aliphatic rings. The van der Waals surface area contributed by atoms with E-state index in [2.05, 4.69) is 26.8 Å². The van der Waals surface area contributed by atoms with Gasteiger partial charge in [-0.2, -0.15) is 5.26 Å². The Balaban J connectivity index is 1.86. The Kier molecular flexibility index (Phi) is 6.75. The lowest BCUT2D eigenvalue weighted by atomic mass is 9.98. The highest BCUT2D eigenvalue weighted by Gasteiger charge is 2.17. The molecule has 0 bridgehead atoms. The van der Waals surface area contributed by atoms with Gasteiger partial charge in [0.1, 0.15) is 11.3 Å². The maximum Gasteiger partial charge on any atom is 0.201 e. The summed E-state index contributed by atoms with van der Waals surface area (Å²) < 4.78 is 17.9. The topological polar surface area (TPSA) is 72.5 Å². The Morgan fingerprint density at radius 1 is 0.971 bits per heavy atom. The first-order valence-corrected chi connectivity index (χ1v) is 11.3. The molecule has 4 aromatic rings. The molecular formula is C30H27NO4. The summed E-state index contributed by atoms with van der Waals surface area (Å²) in [5.74, 6) is 1.68. The van der Waals surface area contributed by atoms with Gasteiger partial charge in [-0.1, -0.05) is 57.2 Å². The third kappa shape index (κ3) is 5.28. The van der Waals surface area contributed by atoms with E-state index in [4.69, 9.17) is 19.2 Å². The quantitative estimate of drug-likeness (QED) is 0.308. The van der Waals surface area contributed by atoms with E-state index in [1.54, 1.807) is 49.6 Å². The lowest BCUT2D eigenvalue weighted by molar-refractivity contribution is 0.191. The maximum atomic E-state index is 13.5. The monoisotopic (exact) mass is 465 g/mol. The number of hydrogen-bond acceptors (Lipinski definition) is 5. The summed E-state index contributed by atoms with van der Waals surface area (Å²) >= 11 is 0. The summed E-state index contributed by atoms with van der Waals surface area (Å²) in [6.45, 7) is 6.82. The predicted octanol–water partition coefficient (Wildman–Crippen LogP) is 6.94. The Hall–Kier alpha value is -4.30. The molecule has 0 aliphatic heterocycles. The summed E-state index contributed by atoms with van der Waals surface area (Å²) in [5, 5.41) is 9.66. The molecule has 0 atom stereocenters. The van der Waals surface area contributed by atoms with Crippen LogP contribution in [0.5, 0.6) is 11.5 Å². The lowest BCUT2D eigenvalue weighted by Crippen LogP contribution is -2.17. The molecule has 176 valence electrons. The summed E-state index contributed by atoms with van der Waals surface area (Å²) in [7, 11) is 1.61. The highest BCUT2D eigenvalue weighted by molar-refractivity contribution is 5.87. The van der Waals surface area contributed by atoms with Gasteiger partial charge in [-0.05, 0) is 53.5 Å². The van der Waals surface area contributed by atoms with Crippen LogP contribution in [0, 0.1) is 16.7 Å². The van der Waals surface area contributed by atoms with Crippen LogP contribution in [-0.2, 0) is 0 Å². The molecule has 0 amide bonds. The van der Waals surface area contributed by atoms with Crippen LogP contribution in [0.3, 0.4) is 0 Å². The average Bonchev–Trinajstić information content (AvgIpc) is 2.86. The summed E-state index contributed by atoms with van der Waals surface area (Å²) in [6, 6.07) is 21.9. The maximum absolute atomic E-state index is 13.5. The van der Waals surface area contributed by atoms with Crippen molar-refractivity contribution in [3.63, 3.8) is 0 Å². The van der Waals surface area contributed by atoms with Crippen molar-refractivity contribution in [1.82, 2.24) is 0 Å². The van der Waals surface area contributed by atoms with Crippen molar-refractivity contribution < 1.29 is 13.9 Å². The molecule has 5 heteroatoms. The van der Waals surface area contributed by atoms with Gasteiger partial charge >= 0.3 is 0 Å². The first-order valence-electron chi connectivity index (χ1n) is 11.3. The first-order chi connectivity index (χ1) is 16.8. The van der Waals surface area contributed by atoms with Crippen LogP contribution in [0.25, 0.3) is 34.2 Å². The van der Waals surface area contributed by atoms with Gasteiger partial charge in [0, 0.05) is 5.56 Å². The van der Waals surface area contributed by atoms with Crippen LogP contribution in [0.4, 0.5) is 0 Å². The lowest BCUT2D eigenvalue weighted by Gasteiger charge is -2.21. The zero-order valence-corrected chi connectivity index (χ0v) is 20.3. The molecule has 1 aromatic heterocycles. The third-order valence-corrected chi connectivity index (χ3v) is 5.42. The molecule has 0 spiro atoms. The van der Waals surface area contributed by atoms with E-state index < -0.39 is 0 Å². The van der Waals surface area contributed by atoms with Crippen molar-refractivity contribution in [1.29, 1.82) is 5.26 Å². The number of hydrogen-bond donors (Lipinski definition) is 0. The highest BCUT2D eigenvalue weighted by atomic mass is 16.5. The molecule has 35 heavy (non-hydrogen) atoms. The van der Waals surface area contributed by atoms with Crippen molar-refractivity contribution in [2.24, 2.45) is 5.41 Å². The van der Waals surface area contributed by atoms with E-state index in [0.717, 1.165) is 5.56 Å². The number of nitrogens with zero attached hydrogens (tertiary/aromatic N) is 1. The number of rotatable bonds is 6. The van der Waals surface area contributed by atoms with Crippen molar-refractivity contribution in [3.05, 3.63) is 93.8 Å². The number of nitriles is 1. The van der Waals surface area contributed by atoms with E-state index in [0.29, 0.717) is 51.5 Å². The van der Waals surface area contributed by atoms with Crippen LogP contribution in [0.1, 0.15) is 37.7 Å². The molecule has 0 N–H and O–H groups in total. The van der Waals surface area contributed by atoms with E-state index in [-0.39, 0.29) is 10.8 Å². The van der Waals surface area contributed by atoms with E-state index in [1.165, 1.54) is 0 Å². The molecule has 0 aliphatic carbocycles. The predicted molar refractivity (Wildman–Crippen MR) is 140 cm³/mol. The molecule has 5 nitrogen and oxygen atoms in total. The Bertz CT molecular complexity index is 1480. The fraction of sp³-hybridized carbons (Fsp3) is 0.200. The smallest absolute Gasteiger partial charge is 0.201 e. The normalized spacial score (nSPS) is 11.5. The number of benzene rings is 3. The number of fused-ring (bicyclic) bond motifs is 1. The van der Waals surface area contributed by atoms with Crippen LogP contribution in [0.15, 0.2) is 75.9 Å². The molecule has 0 saturated heterocycles. The molecule has 0 saturated carbocycles. The third-order valence-electron chi connectivity index (χ3n) is 5.42. The van der Waals surface area contributed by atoms with Crippen LogP contribution < -0.4 is 14.9 Å². The number of methoxy groups -OCH3 is 1. The van der Waals surface area contributed by atoms with Gasteiger partial charge in [-0.3, -0.25) is 4.79 Å². The van der Waals surface area contributed by atoms with Gasteiger partial charge in [-0.25, -0.2) is 0 Å². The van der Waals surface area contributed by atoms with E-state index in [9.17, 15) is 4.79 Å². The fourth-order valence-corrected chi connectivity index (χ4v) is 3.69. The molecular weight excluding hydrogens is 438 g/mol. The van der Waals surface area contributed by atoms with Crippen molar-refractivity contribution >= 4 is 23.1 Å². The Labute approximate surface area is 204 Å². The van der Waals surface area contributed by atoms with Crippen LogP contribution in [-0.4, -0.2) is 13.7 Å². The highest BCUT2D eigenvalue weighted by Crippen LogP contribution is 2.34. The van der Waals surface area contributed by atoms with Gasteiger partial charge in [0.25, 0.3) is 0 Å². The zero-order valence-electron chi connectivity index (χ0n) is 20.3. The molecule has 4 rings (SSSR count). The van der Waals surface area contributed by atoms with Crippen molar-refractivity contribution in [2.75, 3.05) is 13.7 Å². The van der Waals surface area contributed by atoms with Crippen LogP contribution >= 0.6 is 0 Å². The first kappa shape index (κ1) is 23.8. The van der Waals surface area contributed by atoms with Gasteiger partial charge in [0.15, 0.2) is 11.5 Å². The van der Waals surface area contributed by atoms with Gasteiger partial charge in [-0.15, -0.1) is 0 Å². The van der Waals surface area contributed by atoms with Crippen LogP contribution in [0.2, 0.25) is 0 Å².